The van der Waals surface area contributed by atoms with E-state index in [4.69, 9.17) is 4.74 Å². The number of ether oxygens (including phenoxy) is 1. The molecule has 0 heterocycles. The van der Waals surface area contributed by atoms with Gasteiger partial charge in [-0.25, -0.2) is 4.39 Å². The molecule has 4 unspecified atom stereocenters. The molecule has 0 saturated heterocycles. The van der Waals surface area contributed by atoms with Crippen LogP contribution < -0.4 is 4.74 Å². The van der Waals surface area contributed by atoms with E-state index in [1.54, 1.807) is 12.1 Å². The second-order valence-electron chi connectivity index (χ2n) is 10.3. The van der Waals surface area contributed by atoms with Crippen LogP contribution in [0.3, 0.4) is 0 Å². The Morgan fingerprint density at radius 3 is 2.45 bits per heavy atom. The summed E-state index contributed by atoms with van der Waals surface area (Å²) in [5.74, 6) is 3.96. The maximum absolute atomic E-state index is 13.1. The molecule has 0 aliphatic heterocycles. The van der Waals surface area contributed by atoms with Crippen molar-refractivity contribution in [2.75, 3.05) is 0 Å². The predicted molar refractivity (Wildman–Crippen MR) is 123 cm³/mol. The highest BCUT2D eigenvalue weighted by molar-refractivity contribution is 5.75. The van der Waals surface area contributed by atoms with E-state index in [9.17, 15) is 9.18 Å². The van der Waals surface area contributed by atoms with Gasteiger partial charge in [0, 0.05) is 0 Å². The first-order valence-electron chi connectivity index (χ1n) is 12.7. The third-order valence-corrected chi connectivity index (χ3v) is 8.56. The minimum Gasteiger partial charge on any atom is -0.426 e. The van der Waals surface area contributed by atoms with E-state index in [-0.39, 0.29) is 17.7 Å². The third kappa shape index (κ3) is 5.79. The van der Waals surface area contributed by atoms with Gasteiger partial charge in [-0.15, -0.1) is 0 Å². The van der Waals surface area contributed by atoms with E-state index in [0.717, 1.165) is 30.6 Å². The zero-order chi connectivity index (χ0) is 21.6. The maximum atomic E-state index is 13.1. The number of rotatable bonds is 6. The molecule has 0 bridgehead atoms. The number of benzene rings is 1. The van der Waals surface area contributed by atoms with E-state index in [1.807, 2.05) is 0 Å². The van der Waals surface area contributed by atoms with Crippen molar-refractivity contribution < 1.29 is 13.9 Å². The number of carbonyl (C=O) groups is 1. The van der Waals surface area contributed by atoms with Crippen LogP contribution in [-0.4, -0.2) is 5.97 Å². The number of allylic oxidation sites excluding steroid dienone is 2. The fourth-order valence-electron chi connectivity index (χ4n) is 6.86. The molecule has 0 N–H and O–H groups in total. The molecule has 0 aromatic heterocycles. The molecule has 170 valence electrons. The average molecular weight is 427 g/mol. The monoisotopic (exact) mass is 426 g/mol. The van der Waals surface area contributed by atoms with Crippen molar-refractivity contribution in [2.24, 2.45) is 35.5 Å². The lowest BCUT2D eigenvalue weighted by atomic mass is 9.59. The van der Waals surface area contributed by atoms with Gasteiger partial charge in [-0.05, 0) is 112 Å². The number of esters is 1. The number of hydrogen-bond donors (Lipinski definition) is 0. The quantitative estimate of drug-likeness (QED) is 0.264. The second-order valence-corrected chi connectivity index (χ2v) is 10.3. The predicted octanol–water partition coefficient (Wildman–Crippen LogP) is 7.73. The van der Waals surface area contributed by atoms with Gasteiger partial charge in [-0.1, -0.05) is 37.8 Å². The van der Waals surface area contributed by atoms with E-state index in [0.29, 0.717) is 17.6 Å². The summed E-state index contributed by atoms with van der Waals surface area (Å²) in [6.45, 7) is 2.12. The fourth-order valence-corrected chi connectivity index (χ4v) is 6.86. The lowest BCUT2D eigenvalue weighted by molar-refractivity contribution is -0.144. The molecular weight excluding hydrogens is 387 g/mol. The van der Waals surface area contributed by atoms with Crippen LogP contribution in [0.25, 0.3) is 0 Å². The Labute approximate surface area is 187 Å². The summed E-state index contributed by atoms with van der Waals surface area (Å²) in [5, 5.41) is 0. The summed E-state index contributed by atoms with van der Waals surface area (Å²) < 4.78 is 18.8. The molecule has 0 radical (unpaired) electrons. The van der Waals surface area contributed by atoms with Crippen LogP contribution >= 0.6 is 0 Å². The first kappa shape index (κ1) is 22.6. The fraction of sp³-hybridized carbons (Fsp3) is 0.679. The van der Waals surface area contributed by atoms with Gasteiger partial charge in [-0.2, -0.15) is 0 Å². The molecule has 1 aromatic rings. The van der Waals surface area contributed by atoms with Crippen molar-refractivity contribution >= 4 is 5.97 Å². The molecule has 0 spiro atoms. The molecular formula is C28H39FO2. The minimum absolute atomic E-state index is 0.0205. The van der Waals surface area contributed by atoms with Crippen LogP contribution in [0.2, 0.25) is 0 Å². The summed E-state index contributed by atoms with van der Waals surface area (Å²) in [6.07, 6.45) is 19.9. The van der Waals surface area contributed by atoms with Gasteiger partial charge in [0.15, 0.2) is 0 Å². The molecule has 4 atom stereocenters. The number of halogens is 1. The zero-order valence-electron chi connectivity index (χ0n) is 19.1. The summed E-state index contributed by atoms with van der Waals surface area (Å²) in [6, 6.07) is 5.82. The summed E-state index contributed by atoms with van der Waals surface area (Å²) >= 11 is 0. The molecule has 4 rings (SSSR count). The van der Waals surface area contributed by atoms with Crippen molar-refractivity contribution in [3.8, 4) is 5.75 Å². The van der Waals surface area contributed by atoms with Crippen LogP contribution in [0.1, 0.15) is 84.0 Å². The lowest BCUT2D eigenvalue weighted by Crippen LogP contribution is -2.40. The van der Waals surface area contributed by atoms with E-state index in [1.165, 1.54) is 76.3 Å². The molecule has 3 aliphatic rings. The standard InChI is InChI=1S/C28H39FO2/c1-2-3-4-6-20-9-11-21(12-10-20)22-13-18-26-23(19-22)7-5-8-27(26)28(30)31-25-16-14-24(29)15-17-25/h2-3,14-17,20-23,26-27H,4-13,18-19H2,1H3/b3-2+. The molecule has 2 nitrogen and oxygen atoms in total. The van der Waals surface area contributed by atoms with Gasteiger partial charge in [-0.3, -0.25) is 4.79 Å². The summed E-state index contributed by atoms with van der Waals surface area (Å²) in [7, 11) is 0. The smallest absolute Gasteiger partial charge is 0.314 e. The first-order valence-corrected chi connectivity index (χ1v) is 12.7. The van der Waals surface area contributed by atoms with Crippen LogP contribution in [0.5, 0.6) is 5.75 Å². The highest BCUT2D eigenvalue weighted by Crippen LogP contribution is 2.50. The van der Waals surface area contributed by atoms with Crippen molar-refractivity contribution in [3.05, 3.63) is 42.2 Å². The third-order valence-electron chi connectivity index (χ3n) is 8.56. The Balaban J connectivity index is 1.28. The van der Waals surface area contributed by atoms with Crippen LogP contribution in [0.15, 0.2) is 36.4 Å². The minimum atomic E-state index is -0.303. The Kier molecular flexibility index (Phi) is 7.85. The van der Waals surface area contributed by atoms with E-state index < -0.39 is 0 Å². The molecule has 1 aromatic carbocycles. The van der Waals surface area contributed by atoms with Crippen molar-refractivity contribution in [3.63, 3.8) is 0 Å². The lowest BCUT2D eigenvalue weighted by Gasteiger charge is -2.46. The summed E-state index contributed by atoms with van der Waals surface area (Å²) in [4.78, 5) is 12.9. The Hall–Kier alpha value is -1.64. The van der Waals surface area contributed by atoms with E-state index >= 15 is 0 Å². The highest BCUT2D eigenvalue weighted by atomic mass is 19.1. The Morgan fingerprint density at radius 2 is 1.71 bits per heavy atom. The normalized spacial score (nSPS) is 33.7. The molecule has 3 heteroatoms. The maximum Gasteiger partial charge on any atom is 0.314 e. The number of carbonyl (C=O) groups excluding carboxylic acids is 1. The highest BCUT2D eigenvalue weighted by Gasteiger charge is 2.43. The molecule has 3 fully saturated rings. The topological polar surface area (TPSA) is 26.3 Å². The van der Waals surface area contributed by atoms with Crippen LogP contribution in [-0.2, 0) is 4.79 Å². The van der Waals surface area contributed by atoms with Gasteiger partial charge in [0.05, 0.1) is 5.92 Å². The summed E-state index contributed by atoms with van der Waals surface area (Å²) in [5.41, 5.74) is 0. The average Bonchev–Trinajstić information content (AvgIpc) is 2.80. The second kappa shape index (κ2) is 10.8. The first-order chi connectivity index (χ1) is 15.1. The van der Waals surface area contributed by atoms with Gasteiger partial charge in [0.1, 0.15) is 11.6 Å². The molecule has 0 amide bonds. The van der Waals surface area contributed by atoms with Gasteiger partial charge >= 0.3 is 5.97 Å². The zero-order valence-corrected chi connectivity index (χ0v) is 19.1. The van der Waals surface area contributed by atoms with Crippen molar-refractivity contribution in [2.45, 2.75) is 84.0 Å². The van der Waals surface area contributed by atoms with Gasteiger partial charge < -0.3 is 4.74 Å². The Morgan fingerprint density at radius 1 is 0.968 bits per heavy atom. The number of hydrogen-bond acceptors (Lipinski definition) is 2. The molecule has 3 aliphatic carbocycles. The molecule has 3 saturated carbocycles. The van der Waals surface area contributed by atoms with Crippen LogP contribution in [0, 0.1) is 41.3 Å². The van der Waals surface area contributed by atoms with Gasteiger partial charge in [0.25, 0.3) is 0 Å². The van der Waals surface area contributed by atoms with Gasteiger partial charge in [0.2, 0.25) is 0 Å². The van der Waals surface area contributed by atoms with Crippen molar-refractivity contribution in [1.29, 1.82) is 0 Å². The SMILES string of the molecule is C/C=C/CCC1CCC(C2CCC3C(CCCC3C(=O)Oc3ccc(F)cc3)C2)CC1. The number of fused-ring (bicyclic) bond motifs is 1. The van der Waals surface area contributed by atoms with Crippen LogP contribution in [0.4, 0.5) is 4.39 Å². The molecule has 31 heavy (non-hydrogen) atoms. The van der Waals surface area contributed by atoms with E-state index in [2.05, 4.69) is 19.1 Å². The largest absolute Gasteiger partial charge is 0.426 e. The Bertz CT molecular complexity index is 732. The van der Waals surface area contributed by atoms with Crippen molar-refractivity contribution in [1.82, 2.24) is 0 Å².